The summed E-state index contributed by atoms with van der Waals surface area (Å²) in [7, 11) is -3.66. The van der Waals surface area contributed by atoms with Crippen molar-refractivity contribution in [2.75, 3.05) is 0 Å². The molecule has 0 radical (unpaired) electrons. The zero-order chi connectivity index (χ0) is 14.2. The number of halogens is 3. The molecular weight excluding hydrogens is 373 g/mol. The van der Waals surface area contributed by atoms with E-state index in [1.807, 2.05) is 0 Å². The number of rotatable bonds is 5. The molecule has 0 heterocycles. The maximum Gasteiger partial charge on any atom is 0.243 e. The molecular formula is C12H14BrCl2NO2S. The maximum absolute atomic E-state index is 12.3. The number of sulfonamides is 1. The smallest absolute Gasteiger partial charge is 0.208 e. The van der Waals surface area contributed by atoms with Gasteiger partial charge in [-0.3, -0.25) is 0 Å². The molecule has 0 aromatic heterocycles. The molecule has 1 fully saturated rings. The number of hydrogen-bond donors (Lipinski definition) is 1. The Kier molecular flexibility index (Phi) is 4.83. The van der Waals surface area contributed by atoms with Gasteiger partial charge in [0.1, 0.15) is 4.90 Å². The highest BCUT2D eigenvalue weighted by molar-refractivity contribution is 9.10. The third-order valence-corrected chi connectivity index (χ3v) is 5.99. The molecule has 7 heteroatoms. The Morgan fingerprint density at radius 1 is 1.37 bits per heavy atom. The van der Waals surface area contributed by atoms with Gasteiger partial charge < -0.3 is 0 Å². The van der Waals surface area contributed by atoms with Crippen molar-refractivity contribution < 1.29 is 8.42 Å². The number of hydrogen-bond acceptors (Lipinski definition) is 2. The Morgan fingerprint density at radius 2 is 1.95 bits per heavy atom. The summed E-state index contributed by atoms with van der Waals surface area (Å²) < 4.78 is 27.9. The molecule has 1 N–H and O–H groups in total. The highest BCUT2D eigenvalue weighted by Crippen LogP contribution is 2.38. The molecule has 1 aliphatic carbocycles. The van der Waals surface area contributed by atoms with Crippen LogP contribution >= 0.6 is 39.1 Å². The van der Waals surface area contributed by atoms with Crippen LogP contribution in [0.3, 0.4) is 0 Å². The Bertz CT molecular complexity index is 568. The van der Waals surface area contributed by atoms with E-state index in [4.69, 9.17) is 23.2 Å². The topological polar surface area (TPSA) is 46.2 Å². The lowest BCUT2D eigenvalue weighted by molar-refractivity contribution is 0.573. The Morgan fingerprint density at radius 3 is 2.47 bits per heavy atom. The van der Waals surface area contributed by atoms with Crippen molar-refractivity contribution in [1.29, 1.82) is 0 Å². The molecule has 0 saturated heterocycles. The molecule has 1 aromatic carbocycles. The van der Waals surface area contributed by atoms with E-state index in [2.05, 4.69) is 27.6 Å². The SMILES string of the molecule is CCCC1CC1NS(=O)(=O)c1c(Cl)cc(Br)cc1Cl. The molecule has 0 amide bonds. The summed E-state index contributed by atoms with van der Waals surface area (Å²) in [5.74, 6) is 0.438. The first kappa shape index (κ1) is 15.6. The molecule has 1 saturated carbocycles. The van der Waals surface area contributed by atoms with Crippen LogP contribution in [0.1, 0.15) is 26.2 Å². The first-order chi connectivity index (χ1) is 8.85. The Hall–Kier alpha value is 0.190. The predicted molar refractivity (Wildman–Crippen MR) is 81.3 cm³/mol. The second-order valence-electron chi connectivity index (χ2n) is 4.71. The van der Waals surface area contributed by atoms with Gasteiger partial charge in [0.2, 0.25) is 10.0 Å². The monoisotopic (exact) mass is 385 g/mol. The zero-order valence-corrected chi connectivity index (χ0v) is 14.2. The van der Waals surface area contributed by atoms with Gasteiger partial charge in [-0.1, -0.05) is 52.5 Å². The molecule has 0 aliphatic heterocycles. The average molecular weight is 387 g/mol. The summed E-state index contributed by atoms with van der Waals surface area (Å²) >= 11 is 15.2. The van der Waals surface area contributed by atoms with E-state index in [1.165, 1.54) is 12.1 Å². The molecule has 0 spiro atoms. The van der Waals surface area contributed by atoms with Gasteiger partial charge in [0.25, 0.3) is 0 Å². The van der Waals surface area contributed by atoms with Gasteiger partial charge in [-0.05, 0) is 30.9 Å². The largest absolute Gasteiger partial charge is 0.243 e. The highest BCUT2D eigenvalue weighted by Gasteiger charge is 2.40. The highest BCUT2D eigenvalue weighted by atomic mass is 79.9. The van der Waals surface area contributed by atoms with Crippen LogP contribution in [0, 0.1) is 5.92 Å². The van der Waals surface area contributed by atoms with Crippen LogP contribution in [0.2, 0.25) is 10.0 Å². The molecule has 19 heavy (non-hydrogen) atoms. The van der Waals surface area contributed by atoms with Gasteiger partial charge >= 0.3 is 0 Å². The fraction of sp³-hybridized carbons (Fsp3) is 0.500. The van der Waals surface area contributed by atoms with Crippen LogP contribution in [0.5, 0.6) is 0 Å². The lowest BCUT2D eigenvalue weighted by atomic mass is 10.2. The maximum atomic E-state index is 12.3. The van der Waals surface area contributed by atoms with Crippen LogP contribution in [-0.4, -0.2) is 14.5 Å². The zero-order valence-electron chi connectivity index (χ0n) is 10.3. The van der Waals surface area contributed by atoms with Crippen LogP contribution in [0.15, 0.2) is 21.5 Å². The van der Waals surface area contributed by atoms with Crippen molar-refractivity contribution in [3.05, 3.63) is 26.7 Å². The minimum Gasteiger partial charge on any atom is -0.208 e. The van der Waals surface area contributed by atoms with Crippen molar-refractivity contribution in [3.63, 3.8) is 0 Å². The summed E-state index contributed by atoms with van der Waals surface area (Å²) in [5.41, 5.74) is 0. The Balaban J connectivity index is 2.21. The molecule has 1 aromatic rings. The summed E-state index contributed by atoms with van der Waals surface area (Å²) in [6.45, 7) is 2.09. The van der Waals surface area contributed by atoms with Crippen molar-refractivity contribution in [2.24, 2.45) is 5.92 Å². The van der Waals surface area contributed by atoms with Gasteiger partial charge in [0.15, 0.2) is 0 Å². The third kappa shape index (κ3) is 3.64. The minimum absolute atomic E-state index is 0.0146. The van der Waals surface area contributed by atoms with Crippen LogP contribution in [-0.2, 0) is 10.0 Å². The molecule has 106 valence electrons. The third-order valence-electron chi connectivity index (χ3n) is 3.12. The van der Waals surface area contributed by atoms with Crippen molar-refractivity contribution >= 4 is 49.2 Å². The number of benzene rings is 1. The first-order valence-corrected chi connectivity index (χ1v) is 9.05. The lowest BCUT2D eigenvalue weighted by Crippen LogP contribution is -2.27. The summed E-state index contributed by atoms with van der Waals surface area (Å²) in [4.78, 5) is -0.0406. The molecule has 1 aliphatic rings. The van der Waals surface area contributed by atoms with Crippen LogP contribution in [0.4, 0.5) is 0 Å². The summed E-state index contributed by atoms with van der Waals surface area (Å²) in [6.07, 6.45) is 2.98. The van der Waals surface area contributed by atoms with E-state index in [9.17, 15) is 8.42 Å². The van der Waals surface area contributed by atoms with Crippen LogP contribution in [0.25, 0.3) is 0 Å². The minimum atomic E-state index is -3.66. The Labute approximate surface area is 131 Å². The molecule has 2 atom stereocenters. The second-order valence-corrected chi connectivity index (χ2v) is 8.09. The average Bonchev–Trinajstić information content (AvgIpc) is 2.93. The molecule has 2 rings (SSSR count). The molecule has 0 bridgehead atoms. The standard InChI is InChI=1S/C12H14BrCl2NO2S/c1-2-3-7-4-11(7)16-19(17,18)12-9(14)5-8(13)6-10(12)15/h5-7,11,16H,2-4H2,1H3. The van der Waals surface area contributed by atoms with Crippen molar-refractivity contribution in [2.45, 2.75) is 37.1 Å². The van der Waals surface area contributed by atoms with E-state index in [0.717, 1.165) is 19.3 Å². The van der Waals surface area contributed by atoms with E-state index in [1.54, 1.807) is 0 Å². The first-order valence-electron chi connectivity index (χ1n) is 6.02. The molecule has 3 nitrogen and oxygen atoms in total. The summed E-state index contributed by atoms with van der Waals surface area (Å²) in [6, 6.07) is 3.07. The van der Waals surface area contributed by atoms with Gasteiger partial charge in [0.05, 0.1) is 10.0 Å². The fourth-order valence-electron chi connectivity index (χ4n) is 2.13. The van der Waals surface area contributed by atoms with Crippen molar-refractivity contribution in [3.8, 4) is 0 Å². The lowest BCUT2D eigenvalue weighted by Gasteiger charge is -2.10. The summed E-state index contributed by atoms with van der Waals surface area (Å²) in [5, 5.41) is 0.249. The van der Waals surface area contributed by atoms with Gasteiger partial charge in [-0.2, -0.15) is 0 Å². The molecule has 2 unspecified atom stereocenters. The van der Waals surface area contributed by atoms with Gasteiger partial charge in [-0.15, -0.1) is 0 Å². The van der Waals surface area contributed by atoms with Crippen LogP contribution < -0.4 is 4.72 Å². The number of nitrogens with one attached hydrogen (secondary N) is 1. The van der Waals surface area contributed by atoms with Gasteiger partial charge in [0, 0.05) is 10.5 Å². The van der Waals surface area contributed by atoms with E-state index >= 15 is 0 Å². The van der Waals surface area contributed by atoms with E-state index in [-0.39, 0.29) is 21.0 Å². The second kappa shape index (κ2) is 5.90. The predicted octanol–water partition coefficient (Wildman–Crippen LogP) is 4.22. The normalized spacial score (nSPS) is 22.5. The fourth-order valence-corrected chi connectivity index (χ4v) is 5.38. The van der Waals surface area contributed by atoms with Gasteiger partial charge in [-0.25, -0.2) is 13.1 Å². The van der Waals surface area contributed by atoms with Crippen molar-refractivity contribution in [1.82, 2.24) is 4.72 Å². The quantitative estimate of drug-likeness (QED) is 0.823. The van der Waals surface area contributed by atoms with E-state index in [0.29, 0.717) is 10.4 Å². The van der Waals surface area contributed by atoms with E-state index < -0.39 is 10.0 Å².